The van der Waals surface area contributed by atoms with Crippen molar-refractivity contribution in [1.29, 1.82) is 0 Å². The Kier molecular flexibility index (Phi) is 7.39. The molecule has 0 N–H and O–H groups in total. The molecule has 0 aromatic carbocycles. The van der Waals surface area contributed by atoms with Crippen LogP contribution in [0.15, 0.2) is 22.8 Å². The molecule has 2 heterocycles. The molecule has 1 unspecified atom stereocenters. The van der Waals surface area contributed by atoms with E-state index in [1.807, 2.05) is 0 Å². The molecule has 8 nitrogen and oxygen atoms in total. The van der Waals surface area contributed by atoms with Crippen molar-refractivity contribution in [2.75, 3.05) is 27.4 Å². The summed E-state index contributed by atoms with van der Waals surface area (Å²) in [7, 11) is 4.59. The monoisotopic (exact) mass is 404 g/mol. The molecule has 158 valence electrons. The highest BCUT2D eigenvalue weighted by atomic mass is 16.5. The summed E-state index contributed by atoms with van der Waals surface area (Å²) >= 11 is 0. The van der Waals surface area contributed by atoms with Gasteiger partial charge in [0.05, 0.1) is 19.4 Å². The number of amides is 1. The standard InChI is InChI=1S/C21H28N2O6/c1-13-17(14(2)22(4)18(13)21(26)28-6)19(24)15(3)23(10-8-11-27-5)20(25)16-9-7-12-29-16/h7,9,12,15H,8,10-11H2,1-6H3. The molecule has 2 aromatic heterocycles. The number of carbonyl (C=O) groups excluding carboxylic acids is 3. The van der Waals surface area contributed by atoms with Crippen molar-refractivity contribution in [2.24, 2.45) is 7.05 Å². The predicted molar refractivity (Wildman–Crippen MR) is 106 cm³/mol. The molecule has 8 heteroatoms. The minimum atomic E-state index is -0.755. The molecule has 0 bridgehead atoms. The van der Waals surface area contributed by atoms with E-state index in [0.29, 0.717) is 42.1 Å². The number of nitrogens with zero attached hydrogens (tertiary/aromatic N) is 2. The van der Waals surface area contributed by atoms with Gasteiger partial charge in [0.1, 0.15) is 5.69 Å². The summed E-state index contributed by atoms with van der Waals surface area (Å²) in [5.41, 5.74) is 1.92. The number of Topliss-reactive ketones (excluding diaryl/α,β-unsaturated/α-hetero) is 1. The molecule has 0 aliphatic heterocycles. The smallest absolute Gasteiger partial charge is 0.354 e. The summed E-state index contributed by atoms with van der Waals surface area (Å²) < 4.78 is 16.8. The van der Waals surface area contributed by atoms with Gasteiger partial charge in [0.15, 0.2) is 11.5 Å². The van der Waals surface area contributed by atoms with Gasteiger partial charge < -0.3 is 23.4 Å². The minimum Gasteiger partial charge on any atom is -0.464 e. The first kappa shape index (κ1) is 22.4. The van der Waals surface area contributed by atoms with Crippen LogP contribution in [0.1, 0.15) is 56.0 Å². The van der Waals surface area contributed by atoms with Crippen LogP contribution in [0.4, 0.5) is 0 Å². The number of hydrogen-bond acceptors (Lipinski definition) is 6. The fourth-order valence-corrected chi connectivity index (χ4v) is 3.47. The lowest BCUT2D eigenvalue weighted by atomic mass is 9.99. The lowest BCUT2D eigenvalue weighted by Crippen LogP contribution is -2.44. The molecule has 0 radical (unpaired) electrons. The van der Waals surface area contributed by atoms with Crippen molar-refractivity contribution in [1.82, 2.24) is 9.47 Å². The number of esters is 1. The van der Waals surface area contributed by atoms with Crippen molar-refractivity contribution in [3.8, 4) is 0 Å². The van der Waals surface area contributed by atoms with E-state index in [9.17, 15) is 14.4 Å². The lowest BCUT2D eigenvalue weighted by molar-refractivity contribution is 0.0579. The molecule has 29 heavy (non-hydrogen) atoms. The van der Waals surface area contributed by atoms with E-state index in [1.165, 1.54) is 18.3 Å². The van der Waals surface area contributed by atoms with E-state index >= 15 is 0 Å². The van der Waals surface area contributed by atoms with Gasteiger partial charge >= 0.3 is 5.97 Å². The molecular weight excluding hydrogens is 376 g/mol. The summed E-state index contributed by atoms with van der Waals surface area (Å²) in [4.78, 5) is 39.9. The van der Waals surface area contributed by atoms with E-state index in [0.717, 1.165) is 0 Å². The maximum Gasteiger partial charge on any atom is 0.354 e. The summed E-state index contributed by atoms with van der Waals surface area (Å²) in [5, 5.41) is 0. The summed E-state index contributed by atoms with van der Waals surface area (Å²) in [5.74, 6) is -0.961. The molecule has 0 spiro atoms. The third-order valence-electron chi connectivity index (χ3n) is 5.14. The molecule has 2 aromatic rings. The first-order chi connectivity index (χ1) is 13.8. The number of ether oxygens (including phenoxy) is 2. The van der Waals surface area contributed by atoms with Gasteiger partial charge in [-0.15, -0.1) is 0 Å². The van der Waals surface area contributed by atoms with Gasteiger partial charge in [0.2, 0.25) is 0 Å². The van der Waals surface area contributed by atoms with Crippen LogP contribution in [0.5, 0.6) is 0 Å². The fourth-order valence-electron chi connectivity index (χ4n) is 3.47. The van der Waals surface area contributed by atoms with E-state index in [4.69, 9.17) is 13.9 Å². The average molecular weight is 404 g/mol. The van der Waals surface area contributed by atoms with Gasteiger partial charge in [0, 0.05) is 38.6 Å². The number of ketones is 1. The molecule has 0 fully saturated rings. The zero-order valence-electron chi connectivity index (χ0n) is 17.8. The summed E-state index contributed by atoms with van der Waals surface area (Å²) in [6.45, 7) is 5.94. The Morgan fingerprint density at radius 2 is 1.93 bits per heavy atom. The Bertz CT molecular complexity index is 882. The Labute approximate surface area is 170 Å². The number of furan rings is 1. The van der Waals surface area contributed by atoms with Crippen molar-refractivity contribution >= 4 is 17.7 Å². The number of carbonyl (C=O) groups is 3. The van der Waals surface area contributed by atoms with Gasteiger partial charge in [-0.1, -0.05) is 0 Å². The molecule has 2 rings (SSSR count). The Morgan fingerprint density at radius 1 is 1.24 bits per heavy atom. The quantitative estimate of drug-likeness (QED) is 0.363. The second kappa shape index (κ2) is 9.56. The van der Waals surface area contributed by atoms with E-state index in [1.54, 1.807) is 51.6 Å². The molecule has 0 saturated heterocycles. The highest BCUT2D eigenvalue weighted by molar-refractivity contribution is 6.07. The predicted octanol–water partition coefficient (Wildman–Crippen LogP) is 2.77. The maximum absolute atomic E-state index is 13.4. The van der Waals surface area contributed by atoms with Crippen LogP contribution < -0.4 is 0 Å². The lowest BCUT2D eigenvalue weighted by Gasteiger charge is -2.28. The first-order valence-electron chi connectivity index (χ1n) is 9.38. The van der Waals surface area contributed by atoms with Gasteiger partial charge in [-0.3, -0.25) is 9.59 Å². The van der Waals surface area contributed by atoms with Gasteiger partial charge in [-0.2, -0.15) is 0 Å². The molecular formula is C21H28N2O6. The van der Waals surface area contributed by atoms with Gasteiger partial charge in [0.25, 0.3) is 5.91 Å². The SMILES string of the molecule is COCCCN(C(=O)c1ccco1)C(C)C(=O)c1c(C)c(C(=O)OC)n(C)c1C. The van der Waals surface area contributed by atoms with Crippen LogP contribution in [0.2, 0.25) is 0 Å². The summed E-state index contributed by atoms with van der Waals surface area (Å²) in [6.07, 6.45) is 1.99. The minimum absolute atomic E-state index is 0.166. The van der Waals surface area contributed by atoms with Crippen LogP contribution >= 0.6 is 0 Å². The first-order valence-corrected chi connectivity index (χ1v) is 9.38. The zero-order valence-corrected chi connectivity index (χ0v) is 17.8. The van der Waals surface area contributed by atoms with Crippen LogP contribution in [0.3, 0.4) is 0 Å². The molecule has 0 aliphatic carbocycles. The normalized spacial score (nSPS) is 11.9. The number of rotatable bonds is 9. The average Bonchev–Trinajstić information content (AvgIpc) is 3.31. The van der Waals surface area contributed by atoms with E-state index in [2.05, 4.69) is 0 Å². The number of hydrogen-bond donors (Lipinski definition) is 0. The maximum atomic E-state index is 13.4. The highest BCUT2D eigenvalue weighted by Crippen LogP contribution is 2.25. The van der Waals surface area contributed by atoms with E-state index < -0.39 is 12.0 Å². The van der Waals surface area contributed by atoms with Gasteiger partial charge in [-0.05, 0) is 44.9 Å². The van der Waals surface area contributed by atoms with Crippen molar-refractivity contribution in [2.45, 2.75) is 33.2 Å². The van der Waals surface area contributed by atoms with Crippen LogP contribution in [0.25, 0.3) is 0 Å². The van der Waals surface area contributed by atoms with Crippen LogP contribution in [-0.4, -0.2) is 60.5 Å². The van der Waals surface area contributed by atoms with Crippen LogP contribution in [-0.2, 0) is 16.5 Å². The van der Waals surface area contributed by atoms with Gasteiger partial charge in [-0.25, -0.2) is 4.79 Å². The molecule has 0 aliphatic rings. The number of aromatic nitrogens is 1. The van der Waals surface area contributed by atoms with Crippen molar-refractivity contribution in [3.05, 3.63) is 46.7 Å². The topological polar surface area (TPSA) is 91.0 Å². The number of methoxy groups -OCH3 is 2. The van der Waals surface area contributed by atoms with Crippen LogP contribution in [0, 0.1) is 13.8 Å². The molecule has 0 saturated carbocycles. The summed E-state index contributed by atoms with van der Waals surface area (Å²) in [6, 6.07) is 2.44. The fraction of sp³-hybridized carbons (Fsp3) is 0.476. The third kappa shape index (κ3) is 4.42. The Morgan fingerprint density at radius 3 is 2.48 bits per heavy atom. The Hall–Kier alpha value is -2.87. The van der Waals surface area contributed by atoms with Crippen molar-refractivity contribution in [3.63, 3.8) is 0 Å². The molecule has 1 atom stereocenters. The highest BCUT2D eigenvalue weighted by Gasteiger charge is 2.33. The molecule has 1 amide bonds. The second-order valence-electron chi connectivity index (χ2n) is 6.85. The zero-order chi connectivity index (χ0) is 21.7. The Balaban J connectivity index is 2.40. The van der Waals surface area contributed by atoms with Crippen molar-refractivity contribution < 1.29 is 28.3 Å². The van der Waals surface area contributed by atoms with E-state index in [-0.39, 0.29) is 17.5 Å². The largest absolute Gasteiger partial charge is 0.464 e. The third-order valence-corrected chi connectivity index (χ3v) is 5.14. The second-order valence-corrected chi connectivity index (χ2v) is 6.85.